The summed E-state index contributed by atoms with van der Waals surface area (Å²) in [6.07, 6.45) is 2.00. The number of benzene rings is 1. The predicted molar refractivity (Wildman–Crippen MR) is 91.4 cm³/mol. The SMILES string of the molecule is CN=C(NCCS(=O)(=O)c1ccccc1F)NCC1(C)CCCO1. The molecule has 1 aliphatic rings. The second kappa shape index (κ2) is 7.94. The van der Waals surface area contributed by atoms with Crippen molar-refractivity contribution in [3.63, 3.8) is 0 Å². The summed E-state index contributed by atoms with van der Waals surface area (Å²) in [6.45, 7) is 3.51. The van der Waals surface area contributed by atoms with Crippen molar-refractivity contribution in [1.29, 1.82) is 0 Å². The molecule has 1 heterocycles. The van der Waals surface area contributed by atoms with Crippen LogP contribution in [-0.2, 0) is 14.6 Å². The number of guanidine groups is 1. The summed E-state index contributed by atoms with van der Waals surface area (Å²) < 4.78 is 43.7. The predicted octanol–water partition coefficient (Wildman–Crippen LogP) is 1.33. The first-order valence-corrected chi connectivity index (χ1v) is 9.57. The molecule has 2 N–H and O–H groups in total. The third-order valence-electron chi connectivity index (χ3n) is 3.99. The highest BCUT2D eigenvalue weighted by Gasteiger charge is 2.29. The lowest BCUT2D eigenvalue weighted by Crippen LogP contribution is -2.46. The summed E-state index contributed by atoms with van der Waals surface area (Å²) in [5.41, 5.74) is -0.225. The van der Waals surface area contributed by atoms with Crippen LogP contribution in [0.25, 0.3) is 0 Å². The highest BCUT2D eigenvalue weighted by atomic mass is 32.2. The molecule has 0 radical (unpaired) electrons. The molecule has 1 aliphatic heterocycles. The minimum atomic E-state index is -3.68. The van der Waals surface area contributed by atoms with Gasteiger partial charge in [0.1, 0.15) is 10.7 Å². The summed E-state index contributed by atoms with van der Waals surface area (Å²) in [6, 6.07) is 5.38. The molecule has 1 atom stereocenters. The van der Waals surface area contributed by atoms with E-state index in [1.54, 1.807) is 7.05 Å². The van der Waals surface area contributed by atoms with Crippen LogP contribution in [0.3, 0.4) is 0 Å². The molecule has 24 heavy (non-hydrogen) atoms. The van der Waals surface area contributed by atoms with Crippen LogP contribution in [0.4, 0.5) is 4.39 Å². The Labute approximate surface area is 142 Å². The van der Waals surface area contributed by atoms with E-state index in [9.17, 15) is 12.8 Å². The van der Waals surface area contributed by atoms with Crippen molar-refractivity contribution in [2.24, 2.45) is 4.99 Å². The van der Waals surface area contributed by atoms with Gasteiger partial charge in [-0.1, -0.05) is 12.1 Å². The number of ether oxygens (including phenoxy) is 1. The van der Waals surface area contributed by atoms with Gasteiger partial charge in [-0.2, -0.15) is 0 Å². The van der Waals surface area contributed by atoms with Gasteiger partial charge in [-0.05, 0) is 31.9 Å². The number of hydrogen-bond acceptors (Lipinski definition) is 4. The van der Waals surface area contributed by atoms with Gasteiger partial charge >= 0.3 is 0 Å². The molecule has 6 nitrogen and oxygen atoms in total. The molecule has 134 valence electrons. The second-order valence-electron chi connectivity index (χ2n) is 6.00. The van der Waals surface area contributed by atoms with E-state index in [2.05, 4.69) is 15.6 Å². The molecular formula is C16H24FN3O3S. The van der Waals surface area contributed by atoms with Crippen LogP contribution in [0.2, 0.25) is 0 Å². The number of rotatable bonds is 6. The first kappa shape index (κ1) is 18.7. The van der Waals surface area contributed by atoms with Crippen molar-refractivity contribution in [1.82, 2.24) is 10.6 Å². The van der Waals surface area contributed by atoms with Gasteiger partial charge in [0.05, 0.1) is 11.4 Å². The van der Waals surface area contributed by atoms with Crippen molar-refractivity contribution in [3.05, 3.63) is 30.1 Å². The summed E-state index contributed by atoms with van der Waals surface area (Å²) in [4.78, 5) is 3.78. The highest BCUT2D eigenvalue weighted by molar-refractivity contribution is 7.91. The summed E-state index contributed by atoms with van der Waals surface area (Å²) in [7, 11) is -2.07. The smallest absolute Gasteiger partial charge is 0.191 e. The van der Waals surface area contributed by atoms with Gasteiger partial charge in [0.15, 0.2) is 15.8 Å². The first-order chi connectivity index (χ1) is 11.4. The van der Waals surface area contributed by atoms with E-state index in [1.165, 1.54) is 18.2 Å². The third-order valence-corrected chi connectivity index (χ3v) is 5.73. The summed E-state index contributed by atoms with van der Waals surface area (Å²) in [5.74, 6) is -0.454. The zero-order valence-corrected chi connectivity index (χ0v) is 14.8. The van der Waals surface area contributed by atoms with Crippen LogP contribution < -0.4 is 10.6 Å². The Morgan fingerprint density at radius 1 is 1.38 bits per heavy atom. The van der Waals surface area contributed by atoms with Gasteiger partial charge in [0.2, 0.25) is 0 Å². The van der Waals surface area contributed by atoms with Crippen LogP contribution in [0.1, 0.15) is 19.8 Å². The summed E-state index contributed by atoms with van der Waals surface area (Å²) in [5, 5.41) is 6.07. The lowest BCUT2D eigenvalue weighted by Gasteiger charge is -2.24. The van der Waals surface area contributed by atoms with Crippen LogP contribution in [0.5, 0.6) is 0 Å². The van der Waals surface area contributed by atoms with E-state index in [0.717, 1.165) is 25.5 Å². The molecule has 8 heteroatoms. The van der Waals surface area contributed by atoms with Crippen molar-refractivity contribution in [2.75, 3.05) is 32.5 Å². The number of halogens is 1. The molecule has 1 aromatic rings. The molecular weight excluding hydrogens is 333 g/mol. The highest BCUT2D eigenvalue weighted by Crippen LogP contribution is 2.23. The third kappa shape index (κ3) is 4.91. The van der Waals surface area contributed by atoms with Crippen LogP contribution in [0, 0.1) is 5.82 Å². The molecule has 0 amide bonds. The van der Waals surface area contributed by atoms with Crippen molar-refractivity contribution in [3.8, 4) is 0 Å². The average molecular weight is 357 g/mol. The monoisotopic (exact) mass is 357 g/mol. The maximum absolute atomic E-state index is 13.6. The zero-order valence-electron chi connectivity index (χ0n) is 14.0. The lowest BCUT2D eigenvalue weighted by atomic mass is 10.0. The van der Waals surface area contributed by atoms with E-state index >= 15 is 0 Å². The quantitative estimate of drug-likeness (QED) is 0.593. The van der Waals surface area contributed by atoms with Gasteiger partial charge < -0.3 is 15.4 Å². The Morgan fingerprint density at radius 2 is 2.12 bits per heavy atom. The fourth-order valence-corrected chi connectivity index (χ4v) is 3.82. The molecule has 0 aromatic heterocycles. The van der Waals surface area contributed by atoms with Gasteiger partial charge in [0.25, 0.3) is 0 Å². The standard InChI is InChI=1S/C16H24FN3O3S/c1-16(8-5-10-23-16)12-20-15(18-2)19-9-11-24(21,22)14-7-4-3-6-13(14)17/h3-4,6-7H,5,8-12H2,1-2H3,(H2,18,19,20). The minimum absolute atomic E-state index is 0.133. The molecule has 1 unspecified atom stereocenters. The van der Waals surface area contributed by atoms with Gasteiger partial charge in [0, 0.05) is 26.7 Å². The Kier molecular flexibility index (Phi) is 6.17. The van der Waals surface area contributed by atoms with E-state index in [1.807, 2.05) is 6.92 Å². The molecule has 0 bridgehead atoms. The average Bonchev–Trinajstić information content (AvgIpc) is 2.98. The van der Waals surface area contributed by atoms with E-state index in [-0.39, 0.29) is 22.8 Å². The normalized spacial score (nSPS) is 21.7. The minimum Gasteiger partial charge on any atom is -0.373 e. The number of sulfone groups is 1. The van der Waals surface area contributed by atoms with Crippen LogP contribution >= 0.6 is 0 Å². The molecule has 1 fully saturated rings. The molecule has 0 saturated carbocycles. The molecule has 1 saturated heterocycles. The van der Waals surface area contributed by atoms with Crippen LogP contribution in [0.15, 0.2) is 34.2 Å². The van der Waals surface area contributed by atoms with E-state index in [0.29, 0.717) is 12.5 Å². The van der Waals surface area contributed by atoms with Gasteiger partial charge in [-0.25, -0.2) is 12.8 Å². The van der Waals surface area contributed by atoms with E-state index in [4.69, 9.17) is 4.74 Å². The molecule has 1 aromatic carbocycles. The number of nitrogens with zero attached hydrogens (tertiary/aromatic N) is 1. The maximum atomic E-state index is 13.6. The Hall–Kier alpha value is -1.67. The maximum Gasteiger partial charge on any atom is 0.191 e. The number of hydrogen-bond donors (Lipinski definition) is 2. The summed E-state index contributed by atoms with van der Waals surface area (Å²) >= 11 is 0. The van der Waals surface area contributed by atoms with Crippen molar-refractivity contribution >= 4 is 15.8 Å². The largest absolute Gasteiger partial charge is 0.373 e. The number of aliphatic imine (C=N–C) groups is 1. The van der Waals surface area contributed by atoms with Crippen LogP contribution in [-0.4, -0.2) is 52.5 Å². The fourth-order valence-electron chi connectivity index (χ4n) is 2.58. The fraction of sp³-hybridized carbons (Fsp3) is 0.562. The lowest BCUT2D eigenvalue weighted by molar-refractivity contribution is 0.0243. The zero-order chi connectivity index (χ0) is 17.6. The molecule has 2 rings (SSSR count). The molecule has 0 spiro atoms. The first-order valence-electron chi connectivity index (χ1n) is 7.92. The topological polar surface area (TPSA) is 79.8 Å². The van der Waals surface area contributed by atoms with Gasteiger partial charge in [-0.15, -0.1) is 0 Å². The molecule has 0 aliphatic carbocycles. The number of nitrogens with one attached hydrogen (secondary N) is 2. The van der Waals surface area contributed by atoms with Crippen molar-refractivity contribution < 1.29 is 17.5 Å². The Morgan fingerprint density at radius 3 is 2.75 bits per heavy atom. The van der Waals surface area contributed by atoms with E-state index < -0.39 is 15.7 Å². The van der Waals surface area contributed by atoms with Crippen molar-refractivity contribution in [2.45, 2.75) is 30.3 Å². The Bertz CT molecular complexity index is 686. The second-order valence-corrected chi connectivity index (χ2v) is 8.08. The van der Waals surface area contributed by atoms with Gasteiger partial charge in [-0.3, -0.25) is 4.99 Å². The Balaban J connectivity index is 1.84.